The number of thiophene rings is 1. The summed E-state index contributed by atoms with van der Waals surface area (Å²) in [5.41, 5.74) is 1.57. The molecule has 1 saturated heterocycles. The lowest BCUT2D eigenvalue weighted by molar-refractivity contribution is -0.119. The van der Waals surface area contributed by atoms with Gasteiger partial charge in [-0.25, -0.2) is 0 Å². The minimum Gasteiger partial charge on any atom is -0.354 e. The van der Waals surface area contributed by atoms with Crippen LogP contribution in [0.1, 0.15) is 47.5 Å². The highest BCUT2D eigenvalue weighted by molar-refractivity contribution is 7.12. The van der Waals surface area contributed by atoms with Gasteiger partial charge in [0.2, 0.25) is 5.91 Å². The molecule has 0 spiro atoms. The first-order valence-corrected chi connectivity index (χ1v) is 7.68. The molecule has 2 heterocycles. The molecule has 1 aromatic heterocycles. The molecule has 0 bridgehead atoms. The normalized spacial score (nSPS) is 24.7. The van der Waals surface area contributed by atoms with Gasteiger partial charge in [0.15, 0.2) is 0 Å². The Morgan fingerprint density at radius 1 is 1.44 bits per heavy atom. The molecule has 2 atom stereocenters. The molecule has 98 valence electrons. The zero-order chi connectivity index (χ0) is 12.5. The molecule has 1 fully saturated rings. The molecule has 1 aromatic rings. The van der Waals surface area contributed by atoms with Crippen molar-refractivity contribution >= 4 is 17.2 Å². The van der Waals surface area contributed by atoms with Crippen molar-refractivity contribution in [2.75, 3.05) is 6.54 Å². The minimum absolute atomic E-state index is 0.171. The Bertz CT molecular complexity index is 431. The summed E-state index contributed by atoms with van der Waals surface area (Å²) in [6, 6.07) is 3.03. The first-order chi connectivity index (χ1) is 8.72. The number of rotatable bonds is 3. The first-order valence-electron chi connectivity index (χ1n) is 6.86. The number of nitrogens with one attached hydrogen (secondary N) is 2. The summed E-state index contributed by atoms with van der Waals surface area (Å²) in [6.07, 6.45) is 5.81. The van der Waals surface area contributed by atoms with Crippen LogP contribution in [0.25, 0.3) is 0 Å². The van der Waals surface area contributed by atoms with Gasteiger partial charge in [-0.3, -0.25) is 4.79 Å². The number of fused-ring (bicyclic) bond motifs is 1. The van der Waals surface area contributed by atoms with Gasteiger partial charge in [-0.15, -0.1) is 11.3 Å². The van der Waals surface area contributed by atoms with Crippen LogP contribution in [0.5, 0.6) is 0 Å². The number of carbonyl (C=O) groups is 1. The van der Waals surface area contributed by atoms with E-state index in [0.29, 0.717) is 18.5 Å². The molecule has 3 rings (SSSR count). The fourth-order valence-corrected chi connectivity index (χ4v) is 4.15. The average molecular weight is 264 g/mol. The SMILES string of the molecule is CC(NC1CNC(=O)C1)c1cc2c(s1)CCCC2. The van der Waals surface area contributed by atoms with Gasteiger partial charge in [-0.1, -0.05) is 0 Å². The van der Waals surface area contributed by atoms with Crippen LogP contribution in [0, 0.1) is 0 Å². The number of hydrogen-bond donors (Lipinski definition) is 2. The maximum absolute atomic E-state index is 11.2. The Balaban J connectivity index is 1.66. The van der Waals surface area contributed by atoms with Gasteiger partial charge < -0.3 is 10.6 Å². The summed E-state index contributed by atoms with van der Waals surface area (Å²) < 4.78 is 0. The van der Waals surface area contributed by atoms with Gasteiger partial charge in [0.1, 0.15) is 0 Å². The van der Waals surface area contributed by atoms with Crippen molar-refractivity contribution < 1.29 is 4.79 Å². The van der Waals surface area contributed by atoms with Crippen LogP contribution in [-0.2, 0) is 17.6 Å². The third-order valence-electron chi connectivity index (χ3n) is 3.91. The average Bonchev–Trinajstić information content (AvgIpc) is 2.95. The van der Waals surface area contributed by atoms with E-state index < -0.39 is 0 Å². The van der Waals surface area contributed by atoms with E-state index in [1.807, 2.05) is 11.3 Å². The Hall–Kier alpha value is -0.870. The van der Waals surface area contributed by atoms with E-state index in [2.05, 4.69) is 23.6 Å². The highest BCUT2D eigenvalue weighted by atomic mass is 32.1. The fraction of sp³-hybridized carbons (Fsp3) is 0.643. The van der Waals surface area contributed by atoms with E-state index in [0.717, 1.165) is 6.54 Å². The fourth-order valence-electron chi connectivity index (χ4n) is 2.89. The third-order valence-corrected chi connectivity index (χ3v) is 5.33. The quantitative estimate of drug-likeness (QED) is 0.878. The van der Waals surface area contributed by atoms with E-state index in [1.165, 1.54) is 30.6 Å². The summed E-state index contributed by atoms with van der Waals surface area (Å²) in [4.78, 5) is 14.2. The van der Waals surface area contributed by atoms with Gasteiger partial charge in [-0.05, 0) is 44.2 Å². The van der Waals surface area contributed by atoms with Crippen molar-refractivity contribution in [3.8, 4) is 0 Å². The van der Waals surface area contributed by atoms with Crippen molar-refractivity contribution in [1.82, 2.24) is 10.6 Å². The first kappa shape index (κ1) is 12.2. The molecule has 18 heavy (non-hydrogen) atoms. The lowest BCUT2D eigenvalue weighted by Gasteiger charge is -2.16. The van der Waals surface area contributed by atoms with E-state index in [4.69, 9.17) is 0 Å². The van der Waals surface area contributed by atoms with Gasteiger partial charge >= 0.3 is 0 Å². The van der Waals surface area contributed by atoms with E-state index in [-0.39, 0.29) is 5.91 Å². The zero-order valence-corrected chi connectivity index (χ0v) is 11.6. The number of carbonyl (C=O) groups excluding carboxylic acids is 1. The maximum Gasteiger partial charge on any atom is 0.221 e. The molecular weight excluding hydrogens is 244 g/mol. The molecule has 1 aliphatic carbocycles. The Labute approximate surface area is 112 Å². The Morgan fingerprint density at radius 3 is 3.00 bits per heavy atom. The number of aryl methyl sites for hydroxylation is 2. The number of hydrogen-bond acceptors (Lipinski definition) is 3. The van der Waals surface area contributed by atoms with E-state index >= 15 is 0 Å². The van der Waals surface area contributed by atoms with Crippen LogP contribution >= 0.6 is 11.3 Å². The van der Waals surface area contributed by atoms with E-state index in [1.54, 1.807) is 10.4 Å². The summed E-state index contributed by atoms with van der Waals surface area (Å²) >= 11 is 1.96. The van der Waals surface area contributed by atoms with Crippen LogP contribution in [0.2, 0.25) is 0 Å². The molecule has 2 unspecified atom stereocenters. The van der Waals surface area contributed by atoms with Crippen LogP contribution in [-0.4, -0.2) is 18.5 Å². The van der Waals surface area contributed by atoms with Gasteiger partial charge in [0.25, 0.3) is 0 Å². The lowest BCUT2D eigenvalue weighted by atomic mass is 9.99. The smallest absolute Gasteiger partial charge is 0.221 e. The molecular formula is C14H20N2OS. The van der Waals surface area contributed by atoms with Gasteiger partial charge in [0, 0.05) is 34.8 Å². The van der Waals surface area contributed by atoms with Crippen LogP contribution in [0.3, 0.4) is 0 Å². The van der Waals surface area contributed by atoms with Crippen molar-refractivity contribution in [1.29, 1.82) is 0 Å². The summed E-state index contributed by atoms with van der Waals surface area (Å²) in [5, 5.41) is 6.44. The predicted octanol–water partition coefficient (Wildman–Crippen LogP) is 2.17. The second kappa shape index (κ2) is 5.02. The second-order valence-electron chi connectivity index (χ2n) is 5.40. The Kier molecular flexibility index (Phi) is 3.39. The largest absolute Gasteiger partial charge is 0.354 e. The summed E-state index contributed by atoms with van der Waals surface area (Å²) in [6.45, 7) is 2.98. The molecule has 4 heteroatoms. The molecule has 3 nitrogen and oxygen atoms in total. The van der Waals surface area contributed by atoms with Gasteiger partial charge in [0.05, 0.1) is 0 Å². The highest BCUT2D eigenvalue weighted by Crippen LogP contribution is 2.33. The summed E-state index contributed by atoms with van der Waals surface area (Å²) in [5.74, 6) is 0.171. The molecule has 2 aliphatic rings. The topological polar surface area (TPSA) is 41.1 Å². The second-order valence-corrected chi connectivity index (χ2v) is 6.57. The molecule has 0 radical (unpaired) electrons. The minimum atomic E-state index is 0.171. The van der Waals surface area contributed by atoms with Crippen molar-refractivity contribution in [3.63, 3.8) is 0 Å². The van der Waals surface area contributed by atoms with Crippen molar-refractivity contribution in [2.24, 2.45) is 0 Å². The van der Waals surface area contributed by atoms with Crippen LogP contribution in [0.4, 0.5) is 0 Å². The third kappa shape index (κ3) is 2.45. The predicted molar refractivity (Wildman–Crippen MR) is 73.9 cm³/mol. The van der Waals surface area contributed by atoms with Crippen molar-refractivity contribution in [2.45, 2.75) is 51.1 Å². The standard InChI is InChI=1S/C14H20N2OS/c1-9(16-11-7-14(17)15-8-11)13-6-10-4-2-3-5-12(10)18-13/h6,9,11,16H,2-5,7-8H2,1H3,(H,15,17). The van der Waals surface area contributed by atoms with Crippen molar-refractivity contribution in [3.05, 3.63) is 21.4 Å². The zero-order valence-electron chi connectivity index (χ0n) is 10.8. The molecule has 2 N–H and O–H groups in total. The van der Waals surface area contributed by atoms with Crippen LogP contribution < -0.4 is 10.6 Å². The van der Waals surface area contributed by atoms with E-state index in [9.17, 15) is 4.79 Å². The monoisotopic (exact) mass is 264 g/mol. The summed E-state index contributed by atoms with van der Waals surface area (Å²) in [7, 11) is 0. The lowest BCUT2D eigenvalue weighted by Crippen LogP contribution is -2.32. The molecule has 0 saturated carbocycles. The highest BCUT2D eigenvalue weighted by Gasteiger charge is 2.24. The Morgan fingerprint density at radius 2 is 2.28 bits per heavy atom. The number of amides is 1. The van der Waals surface area contributed by atoms with Crippen LogP contribution in [0.15, 0.2) is 6.07 Å². The molecule has 0 aromatic carbocycles. The van der Waals surface area contributed by atoms with Gasteiger partial charge in [-0.2, -0.15) is 0 Å². The molecule has 1 aliphatic heterocycles. The molecule has 1 amide bonds. The maximum atomic E-state index is 11.2.